The quantitative estimate of drug-likeness (QED) is 0.400. The number of carbonyl (C=O) groups excluding carboxylic acids is 2. The predicted octanol–water partition coefficient (Wildman–Crippen LogP) is 3.29. The van der Waals surface area contributed by atoms with Crippen molar-refractivity contribution in [3.63, 3.8) is 0 Å². The lowest BCUT2D eigenvalue weighted by atomic mass is 10.2. The van der Waals surface area contributed by atoms with Gasteiger partial charge in [-0.3, -0.25) is 20.2 Å². The Balaban J connectivity index is 1.94. The van der Waals surface area contributed by atoms with Crippen molar-refractivity contribution in [1.29, 1.82) is 0 Å². The third-order valence-corrected chi connectivity index (χ3v) is 3.87. The molecule has 0 aliphatic heterocycles. The average Bonchev–Trinajstić information content (AvgIpc) is 2.67. The van der Waals surface area contributed by atoms with Crippen LogP contribution in [0.1, 0.15) is 34.6 Å². The number of hydrogen-bond donors (Lipinski definition) is 0. The molecule has 10 nitrogen and oxygen atoms in total. The number of benzene rings is 2. The fourth-order valence-corrected chi connectivity index (χ4v) is 2.10. The second-order valence-electron chi connectivity index (χ2n) is 5.83. The van der Waals surface area contributed by atoms with Gasteiger partial charge >= 0.3 is 11.9 Å². The SMILES string of the molecule is CC(OC(=O)c1ccc([N+](=O)[O-])cc1)C(C)OC(=O)c1ccc([N+](=O)[O-])cc1. The minimum absolute atomic E-state index is 0.117. The summed E-state index contributed by atoms with van der Waals surface area (Å²) in [7, 11) is 0. The Hall–Kier alpha value is -3.82. The van der Waals surface area contributed by atoms with E-state index in [1.165, 1.54) is 62.4 Å². The van der Waals surface area contributed by atoms with Crippen LogP contribution in [0.4, 0.5) is 11.4 Å². The summed E-state index contributed by atoms with van der Waals surface area (Å²) in [4.78, 5) is 44.3. The fraction of sp³-hybridized carbons (Fsp3) is 0.222. The van der Waals surface area contributed by atoms with Gasteiger partial charge in [-0.15, -0.1) is 0 Å². The molecule has 10 heteroatoms. The molecule has 146 valence electrons. The first-order chi connectivity index (χ1) is 13.2. The summed E-state index contributed by atoms with van der Waals surface area (Å²) in [5.41, 5.74) is -0.0809. The molecule has 0 N–H and O–H groups in total. The van der Waals surface area contributed by atoms with Crippen LogP contribution in [0.3, 0.4) is 0 Å². The van der Waals surface area contributed by atoms with Crippen LogP contribution in [0.2, 0.25) is 0 Å². The van der Waals surface area contributed by atoms with E-state index in [0.29, 0.717) is 0 Å². The van der Waals surface area contributed by atoms with E-state index >= 15 is 0 Å². The molecule has 0 amide bonds. The van der Waals surface area contributed by atoms with Crippen LogP contribution in [0, 0.1) is 20.2 Å². The first-order valence-electron chi connectivity index (χ1n) is 8.10. The molecule has 2 aromatic rings. The molecule has 2 aromatic carbocycles. The molecule has 0 spiro atoms. The summed E-state index contributed by atoms with van der Waals surface area (Å²) < 4.78 is 10.4. The van der Waals surface area contributed by atoms with Gasteiger partial charge in [0.25, 0.3) is 11.4 Å². The van der Waals surface area contributed by atoms with E-state index in [1.54, 1.807) is 0 Å². The predicted molar refractivity (Wildman–Crippen MR) is 95.9 cm³/mol. The van der Waals surface area contributed by atoms with Gasteiger partial charge in [0, 0.05) is 24.3 Å². The van der Waals surface area contributed by atoms with E-state index < -0.39 is 34.0 Å². The van der Waals surface area contributed by atoms with E-state index in [4.69, 9.17) is 9.47 Å². The molecule has 0 heterocycles. The topological polar surface area (TPSA) is 139 Å². The van der Waals surface area contributed by atoms with E-state index in [0.717, 1.165) is 0 Å². The van der Waals surface area contributed by atoms with Gasteiger partial charge in [0.1, 0.15) is 12.2 Å². The van der Waals surface area contributed by atoms with Crippen molar-refractivity contribution in [3.05, 3.63) is 79.9 Å². The number of carbonyl (C=O) groups is 2. The van der Waals surface area contributed by atoms with E-state index in [9.17, 15) is 29.8 Å². The zero-order chi connectivity index (χ0) is 20.8. The van der Waals surface area contributed by atoms with Gasteiger partial charge in [0.15, 0.2) is 0 Å². The standard InChI is InChI=1S/C18H16N2O8/c1-11(27-17(21)13-3-7-15(8-4-13)19(23)24)12(2)28-18(22)14-5-9-16(10-6-14)20(25)26/h3-12H,1-2H3. The van der Waals surface area contributed by atoms with Crippen molar-refractivity contribution in [2.24, 2.45) is 0 Å². The molecule has 0 bridgehead atoms. The van der Waals surface area contributed by atoms with Gasteiger partial charge in [-0.25, -0.2) is 9.59 Å². The summed E-state index contributed by atoms with van der Waals surface area (Å²) >= 11 is 0. The molecule has 0 aliphatic carbocycles. The van der Waals surface area contributed by atoms with Gasteiger partial charge in [-0.1, -0.05) is 0 Å². The number of nitro groups is 2. The minimum atomic E-state index is -0.801. The second kappa shape index (κ2) is 8.71. The molecule has 0 fully saturated rings. The number of hydrogen-bond acceptors (Lipinski definition) is 8. The highest BCUT2D eigenvalue weighted by Crippen LogP contribution is 2.16. The molecule has 0 saturated heterocycles. The van der Waals surface area contributed by atoms with Crippen LogP contribution in [0.15, 0.2) is 48.5 Å². The van der Waals surface area contributed by atoms with E-state index in [1.807, 2.05) is 0 Å². The van der Waals surface area contributed by atoms with Crippen molar-refractivity contribution in [2.45, 2.75) is 26.1 Å². The minimum Gasteiger partial charge on any atom is -0.455 e. The van der Waals surface area contributed by atoms with Gasteiger partial charge in [0.2, 0.25) is 0 Å². The smallest absolute Gasteiger partial charge is 0.338 e. The van der Waals surface area contributed by atoms with Crippen LogP contribution in [-0.2, 0) is 9.47 Å². The lowest BCUT2D eigenvalue weighted by molar-refractivity contribution is -0.385. The number of nitro benzene ring substituents is 2. The zero-order valence-electron chi connectivity index (χ0n) is 14.9. The van der Waals surface area contributed by atoms with Crippen molar-refractivity contribution in [2.75, 3.05) is 0 Å². The van der Waals surface area contributed by atoms with E-state index in [-0.39, 0.29) is 22.5 Å². The maximum Gasteiger partial charge on any atom is 0.338 e. The molecular weight excluding hydrogens is 372 g/mol. The van der Waals surface area contributed by atoms with Crippen LogP contribution in [0.5, 0.6) is 0 Å². The van der Waals surface area contributed by atoms with Crippen molar-refractivity contribution in [1.82, 2.24) is 0 Å². The average molecular weight is 388 g/mol. The molecule has 0 saturated carbocycles. The van der Waals surface area contributed by atoms with Gasteiger partial charge in [-0.2, -0.15) is 0 Å². The van der Waals surface area contributed by atoms with Gasteiger partial charge in [-0.05, 0) is 38.1 Å². The van der Waals surface area contributed by atoms with Crippen molar-refractivity contribution < 1.29 is 28.9 Å². The number of ether oxygens (including phenoxy) is 2. The Morgan fingerprint density at radius 3 is 1.25 bits per heavy atom. The first kappa shape index (κ1) is 20.5. The Kier molecular flexibility index (Phi) is 6.38. The molecule has 0 aliphatic rings. The van der Waals surface area contributed by atoms with E-state index in [2.05, 4.69) is 0 Å². The number of nitrogens with zero attached hydrogens (tertiary/aromatic N) is 2. The lowest BCUT2D eigenvalue weighted by Crippen LogP contribution is -2.30. The number of esters is 2. The molecule has 2 unspecified atom stereocenters. The molecule has 0 aromatic heterocycles. The summed E-state index contributed by atoms with van der Waals surface area (Å²) in [6, 6.07) is 9.78. The molecule has 2 atom stereocenters. The molecule has 2 rings (SSSR count). The summed E-state index contributed by atoms with van der Waals surface area (Å²) in [6.45, 7) is 3.05. The molecule has 0 radical (unpaired) electrons. The van der Waals surface area contributed by atoms with Crippen LogP contribution < -0.4 is 0 Å². The zero-order valence-corrected chi connectivity index (χ0v) is 14.9. The van der Waals surface area contributed by atoms with Gasteiger partial charge < -0.3 is 9.47 Å². The number of non-ortho nitro benzene ring substituents is 2. The highest BCUT2D eigenvalue weighted by Gasteiger charge is 2.23. The Labute approximate surface area is 159 Å². The normalized spacial score (nSPS) is 12.5. The Bertz CT molecular complexity index is 817. The van der Waals surface area contributed by atoms with Crippen molar-refractivity contribution in [3.8, 4) is 0 Å². The third kappa shape index (κ3) is 5.10. The fourth-order valence-electron chi connectivity index (χ4n) is 2.10. The van der Waals surface area contributed by atoms with Crippen LogP contribution in [-0.4, -0.2) is 34.0 Å². The number of rotatable bonds is 7. The molecular formula is C18H16N2O8. The Morgan fingerprint density at radius 2 is 1.00 bits per heavy atom. The van der Waals surface area contributed by atoms with Crippen molar-refractivity contribution >= 4 is 23.3 Å². The maximum absolute atomic E-state index is 12.1. The van der Waals surface area contributed by atoms with Gasteiger partial charge in [0.05, 0.1) is 21.0 Å². The highest BCUT2D eigenvalue weighted by atomic mass is 16.6. The highest BCUT2D eigenvalue weighted by molar-refractivity contribution is 5.90. The summed E-state index contributed by atoms with van der Waals surface area (Å²) in [5.74, 6) is -1.44. The van der Waals surface area contributed by atoms with Crippen LogP contribution in [0.25, 0.3) is 0 Å². The second-order valence-corrected chi connectivity index (χ2v) is 5.83. The maximum atomic E-state index is 12.1. The summed E-state index contributed by atoms with van der Waals surface area (Å²) in [6.07, 6.45) is -1.60. The summed E-state index contributed by atoms with van der Waals surface area (Å²) in [5, 5.41) is 21.3. The Morgan fingerprint density at radius 1 is 0.714 bits per heavy atom. The lowest BCUT2D eigenvalue weighted by Gasteiger charge is -2.20. The molecule has 28 heavy (non-hydrogen) atoms. The third-order valence-electron chi connectivity index (χ3n) is 3.87. The van der Waals surface area contributed by atoms with Crippen LogP contribution >= 0.6 is 0 Å². The largest absolute Gasteiger partial charge is 0.455 e. The monoisotopic (exact) mass is 388 g/mol. The first-order valence-corrected chi connectivity index (χ1v) is 8.10.